The van der Waals surface area contributed by atoms with E-state index in [1.165, 1.54) is 11.3 Å². The Hall–Kier alpha value is -1.90. The third-order valence-electron chi connectivity index (χ3n) is 3.09. The Morgan fingerprint density at radius 3 is 2.88 bits per heavy atom. The minimum atomic E-state index is 0.235. The number of benzene rings is 1. The molecule has 0 aliphatic carbocycles. The van der Waals surface area contributed by atoms with Gasteiger partial charge in [-0.3, -0.25) is 14.9 Å². The summed E-state index contributed by atoms with van der Waals surface area (Å²) in [5.41, 5.74) is 4.61. The van der Waals surface area contributed by atoms with E-state index >= 15 is 0 Å². The molecule has 3 nitrogen and oxygen atoms in total. The van der Waals surface area contributed by atoms with Crippen molar-refractivity contribution >= 4 is 23.4 Å². The predicted molar refractivity (Wildman–Crippen MR) is 72.5 cm³/mol. The highest BCUT2D eigenvalue weighted by Crippen LogP contribution is 2.36. The molecule has 17 heavy (non-hydrogen) atoms. The lowest BCUT2D eigenvalue weighted by Crippen LogP contribution is -2.36. The zero-order valence-electron chi connectivity index (χ0n) is 10.3. The predicted octanol–water partition coefficient (Wildman–Crippen LogP) is 3.22. The number of nitrogens with zero attached hydrogens (tertiary/aromatic N) is 3. The number of allylic oxidation sites excluding steroid dienone is 1. The molecule has 3 rings (SSSR count). The summed E-state index contributed by atoms with van der Waals surface area (Å²) >= 11 is 0. The van der Waals surface area contributed by atoms with Crippen molar-refractivity contribution in [1.29, 1.82) is 0 Å². The number of aliphatic imine (C=N–C) groups is 2. The molecule has 0 saturated carbocycles. The van der Waals surface area contributed by atoms with Crippen LogP contribution < -0.4 is 4.90 Å². The first-order chi connectivity index (χ1) is 8.15. The van der Waals surface area contributed by atoms with Gasteiger partial charge in [0.2, 0.25) is 0 Å². The number of rotatable bonds is 0. The Kier molecular flexibility index (Phi) is 2.15. The molecule has 2 aliphatic rings. The maximum Gasteiger partial charge on any atom is 0.151 e. The molecule has 1 aromatic carbocycles. The minimum absolute atomic E-state index is 0.235. The van der Waals surface area contributed by atoms with Gasteiger partial charge in [-0.05, 0) is 44.5 Å². The van der Waals surface area contributed by atoms with Gasteiger partial charge in [0, 0.05) is 5.70 Å². The molecule has 0 spiro atoms. The molecule has 1 atom stereocenters. The fourth-order valence-electron chi connectivity index (χ4n) is 2.36. The van der Waals surface area contributed by atoms with Crippen molar-refractivity contribution in [2.24, 2.45) is 9.98 Å². The van der Waals surface area contributed by atoms with E-state index in [0.717, 1.165) is 17.2 Å². The molecule has 2 aliphatic heterocycles. The number of anilines is 1. The van der Waals surface area contributed by atoms with Crippen LogP contribution in [0.15, 0.2) is 40.0 Å². The molecule has 1 unspecified atom stereocenters. The lowest BCUT2D eigenvalue weighted by atomic mass is 10.1. The van der Waals surface area contributed by atoms with Gasteiger partial charge in [0.1, 0.15) is 0 Å². The SMILES string of the molecule is CC1=CC(C)N=C2C=Nc3ccc(C)cc3N12. The smallest absolute Gasteiger partial charge is 0.151 e. The van der Waals surface area contributed by atoms with Gasteiger partial charge in [0.15, 0.2) is 5.84 Å². The average molecular weight is 225 g/mol. The van der Waals surface area contributed by atoms with Crippen LogP contribution in [0.25, 0.3) is 0 Å². The first kappa shape index (κ1) is 10.3. The lowest BCUT2D eigenvalue weighted by molar-refractivity contribution is 0.881. The van der Waals surface area contributed by atoms with Crippen molar-refractivity contribution in [3.63, 3.8) is 0 Å². The van der Waals surface area contributed by atoms with Crippen LogP contribution in [-0.4, -0.2) is 18.1 Å². The van der Waals surface area contributed by atoms with Crippen LogP contribution in [0.1, 0.15) is 19.4 Å². The number of fused-ring (bicyclic) bond motifs is 3. The van der Waals surface area contributed by atoms with Gasteiger partial charge in [0.05, 0.1) is 23.6 Å². The zero-order chi connectivity index (χ0) is 12.0. The summed E-state index contributed by atoms with van der Waals surface area (Å²) in [5, 5.41) is 0. The van der Waals surface area contributed by atoms with E-state index < -0.39 is 0 Å². The second-order valence-electron chi connectivity index (χ2n) is 4.62. The summed E-state index contributed by atoms with van der Waals surface area (Å²) in [4.78, 5) is 11.2. The van der Waals surface area contributed by atoms with Crippen LogP contribution in [0.2, 0.25) is 0 Å². The Balaban J connectivity index is 2.19. The Morgan fingerprint density at radius 1 is 1.24 bits per heavy atom. The van der Waals surface area contributed by atoms with Crippen LogP contribution >= 0.6 is 0 Å². The second-order valence-corrected chi connectivity index (χ2v) is 4.62. The van der Waals surface area contributed by atoms with Crippen LogP contribution in [0, 0.1) is 6.92 Å². The van der Waals surface area contributed by atoms with Crippen molar-refractivity contribution in [3.8, 4) is 0 Å². The van der Waals surface area contributed by atoms with Gasteiger partial charge in [-0.2, -0.15) is 0 Å². The zero-order valence-corrected chi connectivity index (χ0v) is 10.3. The summed E-state index contributed by atoms with van der Waals surface area (Å²) in [6.07, 6.45) is 4.03. The topological polar surface area (TPSA) is 28.0 Å². The molecule has 0 N–H and O–H groups in total. The number of aryl methyl sites for hydroxylation is 1. The molecule has 0 fully saturated rings. The molecule has 2 heterocycles. The largest absolute Gasteiger partial charge is 0.296 e. The van der Waals surface area contributed by atoms with E-state index in [1.807, 2.05) is 6.21 Å². The first-order valence-corrected chi connectivity index (χ1v) is 5.86. The highest BCUT2D eigenvalue weighted by atomic mass is 15.2. The van der Waals surface area contributed by atoms with Gasteiger partial charge < -0.3 is 0 Å². The van der Waals surface area contributed by atoms with Crippen molar-refractivity contribution in [1.82, 2.24) is 0 Å². The van der Waals surface area contributed by atoms with Gasteiger partial charge in [-0.1, -0.05) is 6.07 Å². The Labute approximate surface area is 101 Å². The summed E-state index contributed by atoms with van der Waals surface area (Å²) in [6.45, 7) is 6.31. The third-order valence-corrected chi connectivity index (χ3v) is 3.09. The summed E-state index contributed by atoms with van der Waals surface area (Å²) < 4.78 is 0. The molecule has 3 heteroatoms. The monoisotopic (exact) mass is 225 g/mol. The maximum atomic E-state index is 4.60. The fraction of sp³-hybridized carbons (Fsp3) is 0.286. The van der Waals surface area contributed by atoms with Crippen LogP contribution in [0.5, 0.6) is 0 Å². The van der Waals surface area contributed by atoms with E-state index in [4.69, 9.17) is 0 Å². The minimum Gasteiger partial charge on any atom is -0.296 e. The summed E-state index contributed by atoms with van der Waals surface area (Å²) in [7, 11) is 0. The third kappa shape index (κ3) is 1.58. The van der Waals surface area contributed by atoms with Gasteiger partial charge in [0.25, 0.3) is 0 Å². The molecule has 1 aromatic rings. The summed E-state index contributed by atoms with van der Waals surface area (Å²) in [6, 6.07) is 6.54. The van der Waals surface area contributed by atoms with Gasteiger partial charge >= 0.3 is 0 Å². The fourth-order valence-corrected chi connectivity index (χ4v) is 2.36. The highest BCUT2D eigenvalue weighted by molar-refractivity contribution is 6.39. The maximum absolute atomic E-state index is 4.60. The van der Waals surface area contributed by atoms with E-state index in [0.29, 0.717) is 0 Å². The number of hydrogen-bond acceptors (Lipinski definition) is 3. The first-order valence-electron chi connectivity index (χ1n) is 5.86. The van der Waals surface area contributed by atoms with Crippen molar-refractivity contribution in [2.45, 2.75) is 26.8 Å². The van der Waals surface area contributed by atoms with Crippen LogP contribution in [-0.2, 0) is 0 Å². The van der Waals surface area contributed by atoms with Gasteiger partial charge in [-0.15, -0.1) is 0 Å². The lowest BCUT2D eigenvalue weighted by Gasteiger charge is -2.32. The Bertz CT molecular complexity index is 567. The molecular weight excluding hydrogens is 210 g/mol. The molecule has 0 bridgehead atoms. The van der Waals surface area contributed by atoms with Crippen molar-refractivity contribution in [3.05, 3.63) is 35.5 Å². The normalized spacial score (nSPS) is 21.6. The molecule has 0 amide bonds. The van der Waals surface area contributed by atoms with E-state index in [-0.39, 0.29) is 6.04 Å². The van der Waals surface area contributed by atoms with Crippen molar-refractivity contribution in [2.75, 3.05) is 4.90 Å². The number of amidine groups is 1. The molecule has 0 saturated heterocycles. The summed E-state index contributed by atoms with van der Waals surface area (Å²) in [5.74, 6) is 0.940. The van der Waals surface area contributed by atoms with E-state index in [1.54, 1.807) is 0 Å². The molecular formula is C14H15N3. The standard InChI is InChI=1S/C14H15N3/c1-9-4-5-12-13(6-9)17-11(3)7-10(2)16-14(17)8-15-12/h4-8,10H,1-3H3. The molecule has 0 radical (unpaired) electrons. The molecule has 0 aromatic heterocycles. The highest BCUT2D eigenvalue weighted by Gasteiger charge is 2.24. The second kappa shape index (κ2) is 3.55. The average Bonchev–Trinajstić information content (AvgIpc) is 2.27. The van der Waals surface area contributed by atoms with Crippen molar-refractivity contribution < 1.29 is 0 Å². The Morgan fingerprint density at radius 2 is 2.06 bits per heavy atom. The number of hydrogen-bond donors (Lipinski definition) is 0. The molecule has 86 valence electrons. The van der Waals surface area contributed by atoms with E-state index in [9.17, 15) is 0 Å². The quantitative estimate of drug-likeness (QED) is 0.666. The van der Waals surface area contributed by atoms with Crippen LogP contribution in [0.4, 0.5) is 11.4 Å². The van der Waals surface area contributed by atoms with Gasteiger partial charge in [-0.25, -0.2) is 0 Å². The van der Waals surface area contributed by atoms with Crippen LogP contribution in [0.3, 0.4) is 0 Å². The van der Waals surface area contributed by atoms with E-state index in [2.05, 4.69) is 59.9 Å².